The van der Waals surface area contributed by atoms with Gasteiger partial charge in [-0.05, 0) is 37.6 Å². The molecule has 0 aliphatic carbocycles. The van der Waals surface area contributed by atoms with E-state index in [9.17, 15) is 14.3 Å². The van der Waals surface area contributed by atoms with Gasteiger partial charge in [-0.3, -0.25) is 0 Å². The highest BCUT2D eigenvalue weighted by atomic mass is 19.1. The SMILES string of the molecule is CCN(CC(O)c1ccc(C)cc1)C(=O)Nc1ccc(F)c(C#N)c1. The number of aryl methyl sites for hydroxylation is 1. The molecule has 0 saturated heterocycles. The number of rotatable bonds is 5. The monoisotopic (exact) mass is 341 g/mol. The van der Waals surface area contributed by atoms with Gasteiger partial charge in [0, 0.05) is 12.2 Å². The third-order valence-corrected chi connectivity index (χ3v) is 3.86. The van der Waals surface area contributed by atoms with E-state index in [1.807, 2.05) is 31.2 Å². The van der Waals surface area contributed by atoms with E-state index in [1.165, 1.54) is 17.0 Å². The molecule has 2 rings (SSSR count). The van der Waals surface area contributed by atoms with E-state index in [2.05, 4.69) is 5.32 Å². The molecule has 2 amide bonds. The number of hydrogen-bond acceptors (Lipinski definition) is 3. The number of benzene rings is 2. The maximum atomic E-state index is 13.3. The van der Waals surface area contributed by atoms with Crippen LogP contribution in [-0.4, -0.2) is 29.1 Å². The summed E-state index contributed by atoms with van der Waals surface area (Å²) >= 11 is 0. The molecular weight excluding hydrogens is 321 g/mol. The fourth-order valence-corrected chi connectivity index (χ4v) is 2.35. The minimum Gasteiger partial charge on any atom is -0.387 e. The van der Waals surface area contributed by atoms with Crippen LogP contribution in [0.4, 0.5) is 14.9 Å². The lowest BCUT2D eigenvalue weighted by atomic mass is 10.1. The molecule has 0 radical (unpaired) electrons. The highest BCUT2D eigenvalue weighted by molar-refractivity contribution is 5.89. The average Bonchev–Trinajstić information content (AvgIpc) is 2.61. The number of aliphatic hydroxyl groups is 1. The number of carbonyl (C=O) groups excluding carboxylic acids is 1. The fourth-order valence-electron chi connectivity index (χ4n) is 2.35. The molecule has 6 heteroatoms. The number of anilines is 1. The summed E-state index contributed by atoms with van der Waals surface area (Å²) in [7, 11) is 0. The van der Waals surface area contributed by atoms with Crippen molar-refractivity contribution in [3.63, 3.8) is 0 Å². The van der Waals surface area contributed by atoms with Gasteiger partial charge in [0.25, 0.3) is 0 Å². The maximum Gasteiger partial charge on any atom is 0.321 e. The van der Waals surface area contributed by atoms with E-state index < -0.39 is 18.0 Å². The Morgan fingerprint density at radius 3 is 2.60 bits per heavy atom. The van der Waals surface area contributed by atoms with Crippen molar-refractivity contribution in [2.45, 2.75) is 20.0 Å². The van der Waals surface area contributed by atoms with E-state index in [-0.39, 0.29) is 12.1 Å². The zero-order chi connectivity index (χ0) is 18.4. The first kappa shape index (κ1) is 18.4. The molecule has 0 saturated carbocycles. The van der Waals surface area contributed by atoms with E-state index in [0.29, 0.717) is 12.2 Å². The van der Waals surface area contributed by atoms with Crippen LogP contribution in [0, 0.1) is 24.1 Å². The molecule has 1 atom stereocenters. The number of amides is 2. The Morgan fingerprint density at radius 2 is 2.00 bits per heavy atom. The number of halogens is 1. The van der Waals surface area contributed by atoms with Crippen LogP contribution in [0.15, 0.2) is 42.5 Å². The second kappa shape index (κ2) is 8.27. The van der Waals surface area contributed by atoms with E-state index in [4.69, 9.17) is 5.26 Å². The number of nitrogens with zero attached hydrogens (tertiary/aromatic N) is 2. The second-order valence-electron chi connectivity index (χ2n) is 5.70. The molecule has 2 N–H and O–H groups in total. The molecule has 130 valence electrons. The van der Waals surface area contributed by atoms with Crippen LogP contribution in [0.3, 0.4) is 0 Å². The number of hydrogen-bond donors (Lipinski definition) is 2. The summed E-state index contributed by atoms with van der Waals surface area (Å²) in [5, 5.41) is 21.8. The van der Waals surface area contributed by atoms with Crippen molar-refractivity contribution in [1.29, 1.82) is 5.26 Å². The highest BCUT2D eigenvalue weighted by Gasteiger charge is 2.18. The molecule has 0 aromatic heterocycles. The molecule has 2 aromatic carbocycles. The van der Waals surface area contributed by atoms with E-state index >= 15 is 0 Å². The van der Waals surface area contributed by atoms with E-state index in [0.717, 1.165) is 17.2 Å². The van der Waals surface area contributed by atoms with Crippen LogP contribution >= 0.6 is 0 Å². The lowest BCUT2D eigenvalue weighted by Gasteiger charge is -2.24. The summed E-state index contributed by atoms with van der Waals surface area (Å²) in [6, 6.07) is 12.5. The highest BCUT2D eigenvalue weighted by Crippen LogP contribution is 2.17. The van der Waals surface area contributed by atoms with Crippen molar-refractivity contribution in [2.24, 2.45) is 0 Å². The van der Waals surface area contributed by atoms with Gasteiger partial charge in [-0.1, -0.05) is 29.8 Å². The summed E-state index contributed by atoms with van der Waals surface area (Å²) in [6.07, 6.45) is -0.811. The minimum absolute atomic E-state index is 0.123. The smallest absolute Gasteiger partial charge is 0.321 e. The van der Waals surface area contributed by atoms with Gasteiger partial charge in [-0.25, -0.2) is 9.18 Å². The van der Waals surface area contributed by atoms with Gasteiger partial charge in [0.2, 0.25) is 0 Å². The number of urea groups is 1. The predicted molar refractivity (Wildman–Crippen MR) is 93.5 cm³/mol. The van der Waals surface area contributed by atoms with Crippen molar-refractivity contribution in [3.05, 3.63) is 65.0 Å². The van der Waals surface area contributed by atoms with Crippen molar-refractivity contribution in [3.8, 4) is 6.07 Å². The van der Waals surface area contributed by atoms with Gasteiger partial charge in [-0.2, -0.15) is 5.26 Å². The lowest BCUT2D eigenvalue weighted by Crippen LogP contribution is -2.37. The quantitative estimate of drug-likeness (QED) is 0.872. The van der Waals surface area contributed by atoms with Crippen molar-refractivity contribution in [2.75, 3.05) is 18.4 Å². The van der Waals surface area contributed by atoms with Crippen LogP contribution in [0.25, 0.3) is 0 Å². The number of likely N-dealkylation sites (N-methyl/N-ethyl adjacent to an activating group) is 1. The number of nitriles is 1. The van der Waals surface area contributed by atoms with Crippen LogP contribution < -0.4 is 5.32 Å². The zero-order valence-electron chi connectivity index (χ0n) is 14.2. The fraction of sp³-hybridized carbons (Fsp3) is 0.263. The van der Waals surface area contributed by atoms with Gasteiger partial charge in [0.05, 0.1) is 18.2 Å². The van der Waals surface area contributed by atoms with Crippen LogP contribution in [0.5, 0.6) is 0 Å². The van der Waals surface area contributed by atoms with Crippen LogP contribution in [-0.2, 0) is 0 Å². The van der Waals surface area contributed by atoms with Gasteiger partial charge in [0.15, 0.2) is 0 Å². The minimum atomic E-state index is -0.811. The second-order valence-corrected chi connectivity index (χ2v) is 5.70. The van der Waals surface area contributed by atoms with Gasteiger partial charge in [0.1, 0.15) is 11.9 Å². The molecule has 2 aromatic rings. The molecule has 0 heterocycles. The standard InChI is InChI=1S/C19H20FN3O2/c1-3-23(12-18(24)14-6-4-13(2)5-7-14)19(25)22-16-8-9-17(20)15(10-16)11-21/h4-10,18,24H,3,12H2,1-2H3,(H,22,25). The first-order valence-electron chi connectivity index (χ1n) is 7.94. The molecule has 0 bridgehead atoms. The number of aliphatic hydroxyl groups excluding tert-OH is 1. The molecule has 0 fully saturated rings. The Bertz CT molecular complexity index is 784. The topological polar surface area (TPSA) is 76.4 Å². The van der Waals surface area contributed by atoms with Crippen LogP contribution in [0.2, 0.25) is 0 Å². The first-order valence-corrected chi connectivity index (χ1v) is 7.94. The summed E-state index contributed by atoms with van der Waals surface area (Å²) in [4.78, 5) is 13.8. The first-order chi connectivity index (χ1) is 11.9. The predicted octanol–water partition coefficient (Wildman–Crippen LogP) is 3.59. The molecule has 5 nitrogen and oxygen atoms in total. The lowest BCUT2D eigenvalue weighted by molar-refractivity contribution is 0.128. The Kier molecular flexibility index (Phi) is 6.09. The van der Waals surface area contributed by atoms with E-state index in [1.54, 1.807) is 13.0 Å². The van der Waals surface area contributed by atoms with Gasteiger partial charge >= 0.3 is 6.03 Å². The Balaban J connectivity index is 2.05. The third-order valence-electron chi connectivity index (χ3n) is 3.86. The number of nitrogens with one attached hydrogen (secondary N) is 1. The molecule has 0 spiro atoms. The molecule has 0 aliphatic rings. The van der Waals surface area contributed by atoms with Crippen molar-refractivity contribution >= 4 is 11.7 Å². The molecular formula is C19H20FN3O2. The Hall–Kier alpha value is -2.91. The van der Waals surface area contributed by atoms with Crippen molar-refractivity contribution in [1.82, 2.24) is 4.90 Å². The third kappa shape index (κ3) is 4.78. The summed E-state index contributed by atoms with van der Waals surface area (Å²) in [5.74, 6) is -0.636. The molecule has 25 heavy (non-hydrogen) atoms. The zero-order valence-corrected chi connectivity index (χ0v) is 14.2. The van der Waals surface area contributed by atoms with Crippen LogP contribution in [0.1, 0.15) is 29.7 Å². The summed E-state index contributed by atoms with van der Waals surface area (Å²) in [6.45, 7) is 4.27. The number of carbonyl (C=O) groups is 1. The van der Waals surface area contributed by atoms with Crippen molar-refractivity contribution < 1.29 is 14.3 Å². The van der Waals surface area contributed by atoms with Gasteiger partial charge in [-0.15, -0.1) is 0 Å². The Labute approximate surface area is 146 Å². The average molecular weight is 341 g/mol. The summed E-state index contributed by atoms with van der Waals surface area (Å²) in [5.41, 5.74) is 2.00. The largest absolute Gasteiger partial charge is 0.387 e. The van der Waals surface area contributed by atoms with Gasteiger partial charge < -0.3 is 15.3 Å². The summed E-state index contributed by atoms with van der Waals surface area (Å²) < 4.78 is 13.3. The maximum absolute atomic E-state index is 13.3. The molecule has 0 aliphatic heterocycles. The normalized spacial score (nSPS) is 11.5. The Morgan fingerprint density at radius 1 is 1.32 bits per heavy atom. The molecule has 1 unspecified atom stereocenters.